The van der Waals surface area contributed by atoms with Gasteiger partial charge in [0, 0.05) is 17.4 Å². The summed E-state index contributed by atoms with van der Waals surface area (Å²) in [7, 11) is 0. The zero-order valence-electron chi connectivity index (χ0n) is 8.02. The molecule has 0 saturated heterocycles. The average molecular weight is 237 g/mol. The highest BCUT2D eigenvalue weighted by Crippen LogP contribution is 2.17. The number of hydrogen-bond donors (Lipinski definition) is 0. The summed E-state index contributed by atoms with van der Waals surface area (Å²) in [4.78, 5) is 19.2. The molecule has 0 spiro atoms. The lowest BCUT2D eigenvalue weighted by Crippen LogP contribution is -2.05. The van der Waals surface area contributed by atoms with Crippen molar-refractivity contribution in [3.63, 3.8) is 0 Å². The summed E-state index contributed by atoms with van der Waals surface area (Å²) in [5.41, 5.74) is 0.144. The van der Waals surface area contributed by atoms with Gasteiger partial charge in [-0.15, -0.1) is 0 Å². The normalized spacial score (nSPS) is 10.1. The van der Waals surface area contributed by atoms with Gasteiger partial charge in [0.2, 0.25) is 0 Å². The lowest BCUT2D eigenvalue weighted by molar-refractivity contribution is 0.103. The summed E-state index contributed by atoms with van der Waals surface area (Å²) >= 11 is 5.70. The van der Waals surface area contributed by atoms with E-state index in [1.807, 2.05) is 0 Å². The van der Waals surface area contributed by atoms with Crippen LogP contribution in [-0.4, -0.2) is 15.8 Å². The van der Waals surface area contributed by atoms with Crippen LogP contribution in [0.4, 0.5) is 4.39 Å². The van der Waals surface area contributed by atoms with Crippen molar-refractivity contribution in [2.45, 2.75) is 0 Å². The van der Waals surface area contributed by atoms with Crippen LogP contribution in [0.25, 0.3) is 0 Å². The number of hydrogen-bond acceptors (Lipinski definition) is 3. The number of benzene rings is 1. The quantitative estimate of drug-likeness (QED) is 0.753. The van der Waals surface area contributed by atoms with Gasteiger partial charge in [-0.3, -0.25) is 4.79 Å². The van der Waals surface area contributed by atoms with E-state index in [1.165, 1.54) is 30.9 Å². The Hall–Kier alpha value is -1.81. The number of ketones is 1. The number of aromatic nitrogens is 2. The van der Waals surface area contributed by atoms with Crippen molar-refractivity contribution in [3.05, 3.63) is 58.9 Å². The molecular weight excluding hydrogens is 231 g/mol. The standard InChI is InChI=1S/C11H6ClFN2O/c12-8-1-2-10(13)9(3-8)11(16)7-4-14-6-15-5-7/h1-6H. The topological polar surface area (TPSA) is 42.9 Å². The first-order chi connectivity index (χ1) is 7.68. The van der Waals surface area contributed by atoms with Gasteiger partial charge >= 0.3 is 0 Å². The van der Waals surface area contributed by atoms with Crippen molar-refractivity contribution in [2.75, 3.05) is 0 Å². The maximum atomic E-state index is 13.4. The third kappa shape index (κ3) is 2.06. The first-order valence-electron chi connectivity index (χ1n) is 4.43. The molecule has 0 amide bonds. The molecule has 0 bridgehead atoms. The van der Waals surface area contributed by atoms with Crippen LogP contribution < -0.4 is 0 Å². The van der Waals surface area contributed by atoms with Gasteiger partial charge in [-0.25, -0.2) is 14.4 Å². The molecule has 0 aliphatic rings. The van der Waals surface area contributed by atoms with Gasteiger partial charge in [0.25, 0.3) is 0 Å². The first kappa shape index (κ1) is 10.7. The predicted molar refractivity (Wildman–Crippen MR) is 56.9 cm³/mol. The Morgan fingerprint density at radius 2 is 1.94 bits per heavy atom. The maximum Gasteiger partial charge on any atom is 0.199 e. The molecule has 16 heavy (non-hydrogen) atoms. The van der Waals surface area contributed by atoms with Gasteiger partial charge in [0.15, 0.2) is 5.78 Å². The van der Waals surface area contributed by atoms with Gasteiger partial charge in [-0.2, -0.15) is 0 Å². The predicted octanol–water partition coefficient (Wildman–Crippen LogP) is 2.50. The van der Waals surface area contributed by atoms with Crippen LogP contribution in [-0.2, 0) is 0 Å². The lowest BCUT2D eigenvalue weighted by atomic mass is 10.1. The summed E-state index contributed by atoms with van der Waals surface area (Å²) < 4.78 is 13.4. The van der Waals surface area contributed by atoms with Crippen LogP contribution in [0.15, 0.2) is 36.9 Å². The molecule has 2 aromatic rings. The van der Waals surface area contributed by atoms with Crippen molar-refractivity contribution >= 4 is 17.4 Å². The fourth-order valence-corrected chi connectivity index (χ4v) is 1.42. The van der Waals surface area contributed by atoms with Gasteiger partial charge in [-0.1, -0.05) is 11.6 Å². The molecule has 5 heteroatoms. The molecule has 1 aromatic carbocycles. The second kappa shape index (κ2) is 4.37. The number of halogens is 2. The molecule has 3 nitrogen and oxygen atoms in total. The van der Waals surface area contributed by atoms with Crippen molar-refractivity contribution in [2.24, 2.45) is 0 Å². The largest absolute Gasteiger partial charge is 0.288 e. The SMILES string of the molecule is O=C(c1cncnc1)c1cc(Cl)ccc1F. The number of nitrogens with zero attached hydrogens (tertiary/aromatic N) is 2. The molecule has 1 aromatic heterocycles. The molecule has 0 aliphatic heterocycles. The molecule has 0 aliphatic carbocycles. The maximum absolute atomic E-state index is 13.4. The fraction of sp³-hybridized carbons (Fsp3) is 0. The highest BCUT2D eigenvalue weighted by molar-refractivity contribution is 6.31. The Bertz CT molecular complexity index is 531. The monoisotopic (exact) mass is 236 g/mol. The summed E-state index contributed by atoms with van der Waals surface area (Å²) in [5.74, 6) is -1.10. The zero-order valence-corrected chi connectivity index (χ0v) is 8.78. The molecule has 2 rings (SSSR count). The molecule has 0 saturated carbocycles. The number of rotatable bonds is 2. The van der Waals surface area contributed by atoms with E-state index < -0.39 is 11.6 Å². The molecular formula is C11H6ClFN2O. The van der Waals surface area contributed by atoms with Gasteiger partial charge in [0.05, 0.1) is 11.1 Å². The lowest BCUT2D eigenvalue weighted by Gasteiger charge is -2.02. The average Bonchev–Trinajstić information content (AvgIpc) is 2.32. The summed E-state index contributed by atoms with van der Waals surface area (Å²) in [5, 5.41) is 0.307. The molecule has 0 fully saturated rings. The van der Waals surface area contributed by atoms with Crippen LogP contribution in [0.3, 0.4) is 0 Å². The third-order valence-corrected chi connectivity index (χ3v) is 2.23. The third-order valence-electron chi connectivity index (χ3n) is 2.00. The summed E-state index contributed by atoms with van der Waals surface area (Å²) in [6, 6.07) is 3.82. The molecule has 0 N–H and O–H groups in total. The zero-order chi connectivity index (χ0) is 11.5. The Labute approximate surface area is 95.9 Å². The Morgan fingerprint density at radius 1 is 1.25 bits per heavy atom. The van der Waals surface area contributed by atoms with Crippen LogP contribution >= 0.6 is 11.6 Å². The van der Waals surface area contributed by atoms with Gasteiger partial charge in [0.1, 0.15) is 12.1 Å². The Morgan fingerprint density at radius 3 is 2.62 bits per heavy atom. The summed E-state index contributed by atoms with van der Waals surface area (Å²) in [6.07, 6.45) is 3.95. The molecule has 0 radical (unpaired) electrons. The highest BCUT2D eigenvalue weighted by Gasteiger charge is 2.14. The number of carbonyl (C=O) groups excluding carboxylic acids is 1. The summed E-state index contributed by atoms with van der Waals surface area (Å²) in [6.45, 7) is 0. The minimum Gasteiger partial charge on any atom is -0.288 e. The van der Waals surface area contributed by atoms with Crippen molar-refractivity contribution in [1.82, 2.24) is 9.97 Å². The molecule has 0 atom stereocenters. The van der Waals surface area contributed by atoms with Gasteiger partial charge in [-0.05, 0) is 18.2 Å². The van der Waals surface area contributed by atoms with E-state index in [0.29, 0.717) is 5.02 Å². The Balaban J connectivity index is 2.46. The van der Waals surface area contributed by atoms with E-state index >= 15 is 0 Å². The van der Waals surface area contributed by atoms with E-state index in [4.69, 9.17) is 11.6 Å². The van der Waals surface area contributed by atoms with Crippen LogP contribution in [0.5, 0.6) is 0 Å². The molecule has 0 unspecified atom stereocenters. The highest BCUT2D eigenvalue weighted by atomic mass is 35.5. The van der Waals surface area contributed by atoms with Crippen molar-refractivity contribution in [3.8, 4) is 0 Å². The van der Waals surface area contributed by atoms with Crippen LogP contribution in [0.1, 0.15) is 15.9 Å². The molecule has 1 heterocycles. The van der Waals surface area contributed by atoms with E-state index in [-0.39, 0.29) is 11.1 Å². The Kier molecular flexibility index (Phi) is 2.92. The van der Waals surface area contributed by atoms with E-state index in [9.17, 15) is 9.18 Å². The van der Waals surface area contributed by atoms with Gasteiger partial charge < -0.3 is 0 Å². The minimum atomic E-state index is -0.613. The van der Waals surface area contributed by atoms with E-state index in [0.717, 1.165) is 6.07 Å². The second-order valence-electron chi connectivity index (χ2n) is 3.08. The van der Waals surface area contributed by atoms with Crippen LogP contribution in [0, 0.1) is 5.82 Å². The number of carbonyl (C=O) groups is 1. The van der Waals surface area contributed by atoms with Crippen molar-refractivity contribution in [1.29, 1.82) is 0 Å². The first-order valence-corrected chi connectivity index (χ1v) is 4.81. The van der Waals surface area contributed by atoms with E-state index in [2.05, 4.69) is 9.97 Å². The van der Waals surface area contributed by atoms with Crippen molar-refractivity contribution < 1.29 is 9.18 Å². The molecule has 80 valence electrons. The second-order valence-corrected chi connectivity index (χ2v) is 3.52. The fourth-order valence-electron chi connectivity index (χ4n) is 1.24. The van der Waals surface area contributed by atoms with Crippen LogP contribution in [0.2, 0.25) is 5.02 Å². The smallest absolute Gasteiger partial charge is 0.199 e. The minimum absolute atomic E-state index is 0.0812. The van der Waals surface area contributed by atoms with E-state index in [1.54, 1.807) is 0 Å².